The monoisotopic (exact) mass is 251 g/mol. The van der Waals surface area contributed by atoms with Crippen LogP contribution < -0.4 is 4.74 Å². The minimum atomic E-state index is -0.284. The largest absolute Gasteiger partial charge is 0.497 e. The standard InChI is InChI=1S/C14H21NO3/c1-5-15(6-2)14(16)18-11(3)12-8-7-9-13(10-12)17-4/h7-11H,5-6H2,1-4H3. The Morgan fingerprint density at radius 2 is 2.00 bits per heavy atom. The Kier molecular flexibility index (Phi) is 5.49. The van der Waals surface area contributed by atoms with Crippen LogP contribution in [0.2, 0.25) is 0 Å². The van der Waals surface area contributed by atoms with E-state index in [0.29, 0.717) is 13.1 Å². The lowest BCUT2D eigenvalue weighted by Gasteiger charge is -2.21. The maximum atomic E-state index is 11.8. The first kappa shape index (κ1) is 14.4. The molecule has 4 nitrogen and oxygen atoms in total. The average Bonchev–Trinajstić information content (AvgIpc) is 2.40. The first-order chi connectivity index (χ1) is 8.62. The summed E-state index contributed by atoms with van der Waals surface area (Å²) in [7, 11) is 1.62. The second-order valence-corrected chi connectivity index (χ2v) is 3.97. The van der Waals surface area contributed by atoms with Gasteiger partial charge < -0.3 is 14.4 Å². The highest BCUT2D eigenvalue weighted by atomic mass is 16.6. The number of rotatable bonds is 5. The number of ether oxygens (including phenoxy) is 2. The number of hydrogen-bond acceptors (Lipinski definition) is 3. The molecule has 0 bridgehead atoms. The van der Waals surface area contributed by atoms with Crippen LogP contribution in [0.3, 0.4) is 0 Å². The van der Waals surface area contributed by atoms with Crippen LogP contribution in [0.5, 0.6) is 5.75 Å². The molecule has 18 heavy (non-hydrogen) atoms. The van der Waals surface area contributed by atoms with E-state index in [4.69, 9.17) is 9.47 Å². The Morgan fingerprint density at radius 3 is 2.56 bits per heavy atom. The number of nitrogens with zero attached hydrogens (tertiary/aromatic N) is 1. The second-order valence-electron chi connectivity index (χ2n) is 3.97. The summed E-state index contributed by atoms with van der Waals surface area (Å²) in [5.74, 6) is 0.762. The minimum absolute atomic E-state index is 0.282. The van der Waals surface area contributed by atoms with Crippen LogP contribution in [0.15, 0.2) is 24.3 Å². The van der Waals surface area contributed by atoms with E-state index >= 15 is 0 Å². The van der Waals surface area contributed by atoms with Crippen LogP contribution in [0.1, 0.15) is 32.4 Å². The third-order valence-corrected chi connectivity index (χ3v) is 2.86. The van der Waals surface area contributed by atoms with Crippen LogP contribution in [0, 0.1) is 0 Å². The van der Waals surface area contributed by atoms with E-state index in [1.807, 2.05) is 45.0 Å². The van der Waals surface area contributed by atoms with Gasteiger partial charge in [-0.3, -0.25) is 0 Å². The average molecular weight is 251 g/mol. The molecular weight excluding hydrogens is 230 g/mol. The summed E-state index contributed by atoms with van der Waals surface area (Å²) in [4.78, 5) is 13.5. The maximum absolute atomic E-state index is 11.8. The number of hydrogen-bond donors (Lipinski definition) is 0. The fraction of sp³-hybridized carbons (Fsp3) is 0.500. The van der Waals surface area contributed by atoms with Crippen LogP contribution in [0.25, 0.3) is 0 Å². The Morgan fingerprint density at radius 1 is 1.33 bits per heavy atom. The number of carbonyl (C=O) groups is 1. The van der Waals surface area contributed by atoms with Crippen molar-refractivity contribution >= 4 is 6.09 Å². The Balaban J connectivity index is 2.69. The lowest BCUT2D eigenvalue weighted by molar-refractivity contribution is 0.0725. The van der Waals surface area contributed by atoms with E-state index < -0.39 is 0 Å². The molecule has 0 aliphatic rings. The van der Waals surface area contributed by atoms with Crippen LogP contribution in [0.4, 0.5) is 4.79 Å². The molecule has 4 heteroatoms. The van der Waals surface area contributed by atoms with E-state index in [0.717, 1.165) is 11.3 Å². The third-order valence-electron chi connectivity index (χ3n) is 2.86. The number of benzene rings is 1. The van der Waals surface area contributed by atoms with Crippen molar-refractivity contribution in [3.63, 3.8) is 0 Å². The summed E-state index contributed by atoms with van der Waals surface area (Å²) in [5, 5.41) is 0. The Hall–Kier alpha value is -1.71. The van der Waals surface area contributed by atoms with E-state index in [-0.39, 0.29) is 12.2 Å². The lowest BCUT2D eigenvalue weighted by Crippen LogP contribution is -2.31. The van der Waals surface area contributed by atoms with Crippen molar-refractivity contribution in [2.45, 2.75) is 26.9 Å². The van der Waals surface area contributed by atoms with Gasteiger partial charge in [-0.15, -0.1) is 0 Å². The fourth-order valence-electron chi connectivity index (χ4n) is 1.67. The molecule has 1 unspecified atom stereocenters. The van der Waals surface area contributed by atoms with Crippen LogP contribution >= 0.6 is 0 Å². The molecule has 0 fully saturated rings. The molecule has 1 amide bonds. The predicted molar refractivity (Wildman–Crippen MR) is 70.8 cm³/mol. The van der Waals surface area contributed by atoms with E-state index in [1.54, 1.807) is 12.0 Å². The van der Waals surface area contributed by atoms with Gasteiger partial charge in [0.25, 0.3) is 0 Å². The van der Waals surface area contributed by atoms with E-state index in [9.17, 15) is 4.79 Å². The molecule has 0 saturated heterocycles. The van der Waals surface area contributed by atoms with Gasteiger partial charge in [-0.05, 0) is 38.5 Å². The molecule has 1 aromatic rings. The van der Waals surface area contributed by atoms with Gasteiger partial charge in [0.2, 0.25) is 0 Å². The van der Waals surface area contributed by atoms with Gasteiger partial charge in [-0.2, -0.15) is 0 Å². The molecule has 0 aliphatic carbocycles. The van der Waals surface area contributed by atoms with Gasteiger partial charge >= 0.3 is 6.09 Å². The highest BCUT2D eigenvalue weighted by Gasteiger charge is 2.16. The number of amides is 1. The molecule has 0 radical (unpaired) electrons. The second kappa shape index (κ2) is 6.89. The molecular formula is C14H21NO3. The minimum Gasteiger partial charge on any atom is -0.497 e. The van der Waals surface area contributed by atoms with Gasteiger partial charge in [0.1, 0.15) is 11.9 Å². The van der Waals surface area contributed by atoms with E-state index in [1.165, 1.54) is 0 Å². The van der Waals surface area contributed by atoms with Crippen LogP contribution in [-0.2, 0) is 4.74 Å². The van der Waals surface area contributed by atoms with Crippen molar-refractivity contribution in [1.29, 1.82) is 0 Å². The molecule has 0 heterocycles. The van der Waals surface area contributed by atoms with Crippen molar-refractivity contribution < 1.29 is 14.3 Å². The fourth-order valence-corrected chi connectivity index (χ4v) is 1.67. The van der Waals surface area contributed by atoms with E-state index in [2.05, 4.69) is 0 Å². The zero-order chi connectivity index (χ0) is 13.5. The molecule has 0 N–H and O–H groups in total. The van der Waals surface area contributed by atoms with Gasteiger partial charge in [-0.25, -0.2) is 4.79 Å². The highest BCUT2D eigenvalue weighted by Crippen LogP contribution is 2.22. The summed E-state index contributed by atoms with van der Waals surface area (Å²) in [5.41, 5.74) is 0.926. The first-order valence-electron chi connectivity index (χ1n) is 6.21. The van der Waals surface area contributed by atoms with Crippen molar-refractivity contribution in [2.24, 2.45) is 0 Å². The SMILES string of the molecule is CCN(CC)C(=O)OC(C)c1cccc(OC)c1. The quantitative estimate of drug-likeness (QED) is 0.806. The topological polar surface area (TPSA) is 38.8 Å². The van der Waals surface area contributed by atoms with Gasteiger partial charge in [0, 0.05) is 13.1 Å². The van der Waals surface area contributed by atoms with Gasteiger partial charge in [0.15, 0.2) is 0 Å². The van der Waals surface area contributed by atoms with Gasteiger partial charge in [0.05, 0.1) is 7.11 Å². The molecule has 100 valence electrons. The maximum Gasteiger partial charge on any atom is 0.410 e. The van der Waals surface area contributed by atoms with Crippen molar-refractivity contribution in [3.8, 4) is 5.75 Å². The first-order valence-corrected chi connectivity index (χ1v) is 6.21. The van der Waals surface area contributed by atoms with Crippen LogP contribution in [-0.4, -0.2) is 31.2 Å². The lowest BCUT2D eigenvalue weighted by atomic mass is 10.1. The molecule has 0 spiro atoms. The summed E-state index contributed by atoms with van der Waals surface area (Å²) in [6.45, 7) is 7.03. The highest BCUT2D eigenvalue weighted by molar-refractivity contribution is 5.67. The van der Waals surface area contributed by atoms with Crippen molar-refractivity contribution in [2.75, 3.05) is 20.2 Å². The zero-order valence-electron chi connectivity index (χ0n) is 11.5. The molecule has 0 saturated carbocycles. The molecule has 0 aliphatic heterocycles. The smallest absolute Gasteiger partial charge is 0.410 e. The predicted octanol–water partition coefficient (Wildman–Crippen LogP) is 3.23. The Bertz CT molecular complexity index is 388. The zero-order valence-corrected chi connectivity index (χ0v) is 11.5. The Labute approximate surface area is 108 Å². The molecule has 0 aromatic heterocycles. The van der Waals surface area contributed by atoms with Gasteiger partial charge in [-0.1, -0.05) is 12.1 Å². The molecule has 1 atom stereocenters. The summed E-state index contributed by atoms with van der Waals surface area (Å²) in [6.07, 6.45) is -0.566. The summed E-state index contributed by atoms with van der Waals surface area (Å²) < 4.78 is 10.6. The van der Waals surface area contributed by atoms with Crippen molar-refractivity contribution in [3.05, 3.63) is 29.8 Å². The third kappa shape index (κ3) is 3.65. The normalized spacial score (nSPS) is 11.8. The number of carbonyl (C=O) groups excluding carboxylic acids is 1. The molecule has 1 aromatic carbocycles. The summed E-state index contributed by atoms with van der Waals surface area (Å²) in [6, 6.07) is 7.54. The molecule has 1 rings (SSSR count). The van der Waals surface area contributed by atoms with Crippen molar-refractivity contribution in [1.82, 2.24) is 4.90 Å². The summed E-state index contributed by atoms with van der Waals surface area (Å²) >= 11 is 0. The number of methoxy groups -OCH3 is 1.